The zero-order chi connectivity index (χ0) is 23.3. The van der Waals surface area contributed by atoms with Gasteiger partial charge in [-0.1, -0.05) is 22.0 Å². The molecule has 9 heteroatoms. The van der Waals surface area contributed by atoms with Gasteiger partial charge in [0.25, 0.3) is 0 Å². The van der Waals surface area contributed by atoms with Crippen LogP contribution in [0.15, 0.2) is 57.9 Å². The van der Waals surface area contributed by atoms with E-state index >= 15 is 0 Å². The Morgan fingerprint density at radius 3 is 2.28 bits per heavy atom. The van der Waals surface area contributed by atoms with Crippen molar-refractivity contribution in [3.05, 3.63) is 58.6 Å². The number of ether oxygens (including phenoxy) is 2. The number of hydrogen-bond donors (Lipinski definition) is 0. The second-order valence-electron chi connectivity index (χ2n) is 7.59. The van der Waals surface area contributed by atoms with Crippen LogP contribution < -0.4 is 9.47 Å². The number of nitrogens with zero attached hydrogens (tertiary/aromatic N) is 2. The van der Waals surface area contributed by atoms with Gasteiger partial charge in [0, 0.05) is 36.7 Å². The number of hydrogen-bond acceptors (Lipinski definition) is 5. The Morgan fingerprint density at radius 2 is 1.69 bits per heavy atom. The lowest BCUT2D eigenvalue weighted by molar-refractivity contribution is -0.127. The van der Waals surface area contributed by atoms with Crippen LogP contribution in [-0.4, -0.2) is 62.9 Å². The lowest BCUT2D eigenvalue weighted by atomic mass is 10.2. The number of carbonyl (C=O) groups excluding carboxylic acids is 1. The molecule has 172 valence electrons. The summed E-state index contributed by atoms with van der Waals surface area (Å²) >= 11 is 3.31. The number of carbonyl (C=O) groups is 1. The molecule has 0 unspecified atom stereocenters. The van der Waals surface area contributed by atoms with Gasteiger partial charge in [-0.25, -0.2) is 8.42 Å². The van der Waals surface area contributed by atoms with Gasteiger partial charge in [0.2, 0.25) is 15.9 Å². The van der Waals surface area contributed by atoms with Gasteiger partial charge in [-0.2, -0.15) is 4.31 Å². The Bertz CT molecular complexity index is 1080. The van der Waals surface area contributed by atoms with E-state index in [-0.39, 0.29) is 30.0 Å². The Labute approximate surface area is 197 Å². The lowest BCUT2D eigenvalue weighted by Gasteiger charge is -2.33. The molecular weight excluding hydrogens is 496 g/mol. The molecule has 0 aromatic heterocycles. The first-order valence-corrected chi connectivity index (χ1v) is 12.5. The molecule has 0 atom stereocenters. The molecule has 1 heterocycles. The van der Waals surface area contributed by atoms with Crippen LogP contribution in [0.1, 0.15) is 19.4 Å². The number of halogens is 1. The predicted molar refractivity (Wildman–Crippen MR) is 127 cm³/mol. The molecule has 1 aliphatic rings. The molecular formula is C23H27BrN2O5S. The van der Waals surface area contributed by atoms with E-state index in [1.807, 2.05) is 32.0 Å². The van der Waals surface area contributed by atoms with Gasteiger partial charge in [0.15, 0.2) is 11.5 Å². The van der Waals surface area contributed by atoms with Crippen molar-refractivity contribution in [1.29, 1.82) is 0 Å². The highest BCUT2D eigenvalue weighted by Gasteiger charge is 2.29. The van der Waals surface area contributed by atoms with Crippen LogP contribution in [0.3, 0.4) is 0 Å². The van der Waals surface area contributed by atoms with Gasteiger partial charge in [-0.15, -0.1) is 0 Å². The van der Waals surface area contributed by atoms with Crippen LogP contribution in [-0.2, 0) is 14.8 Å². The SMILES string of the molecule is COc1cc(/C=C/C(=O)N2CCN(S(=O)(=O)c3ccc(Br)cc3)CC2)ccc1OC(C)C. The van der Waals surface area contributed by atoms with Crippen molar-refractivity contribution in [2.45, 2.75) is 24.8 Å². The first kappa shape index (κ1) is 24.3. The molecule has 7 nitrogen and oxygen atoms in total. The van der Waals surface area contributed by atoms with Crippen molar-refractivity contribution < 1.29 is 22.7 Å². The fourth-order valence-corrected chi connectivity index (χ4v) is 5.00. The maximum Gasteiger partial charge on any atom is 0.246 e. The second kappa shape index (κ2) is 10.5. The zero-order valence-electron chi connectivity index (χ0n) is 18.3. The average Bonchev–Trinajstić information content (AvgIpc) is 2.78. The molecule has 0 radical (unpaired) electrons. The third-order valence-corrected chi connectivity index (χ3v) is 7.41. The smallest absolute Gasteiger partial charge is 0.246 e. The number of methoxy groups -OCH3 is 1. The van der Waals surface area contributed by atoms with Crippen LogP contribution in [0.4, 0.5) is 0 Å². The quantitative estimate of drug-likeness (QED) is 0.517. The molecule has 0 spiro atoms. The fraction of sp³-hybridized carbons (Fsp3) is 0.348. The second-order valence-corrected chi connectivity index (χ2v) is 10.4. The van der Waals surface area contributed by atoms with Crippen molar-refractivity contribution in [2.75, 3.05) is 33.3 Å². The molecule has 1 fully saturated rings. The van der Waals surface area contributed by atoms with Crippen molar-refractivity contribution in [3.8, 4) is 11.5 Å². The molecule has 3 rings (SSSR count). The molecule has 2 aromatic rings. The van der Waals surface area contributed by atoms with E-state index in [0.29, 0.717) is 24.6 Å². The minimum atomic E-state index is -3.57. The topological polar surface area (TPSA) is 76.2 Å². The van der Waals surface area contributed by atoms with Gasteiger partial charge in [0.05, 0.1) is 18.1 Å². The summed E-state index contributed by atoms with van der Waals surface area (Å²) < 4.78 is 38.9. The van der Waals surface area contributed by atoms with E-state index in [1.165, 1.54) is 10.4 Å². The summed E-state index contributed by atoms with van der Waals surface area (Å²) in [6, 6.07) is 12.0. The third-order valence-electron chi connectivity index (χ3n) is 4.97. The molecule has 32 heavy (non-hydrogen) atoms. The summed E-state index contributed by atoms with van der Waals surface area (Å²) in [6.07, 6.45) is 3.24. The van der Waals surface area contributed by atoms with Gasteiger partial charge in [0.1, 0.15) is 0 Å². The average molecular weight is 523 g/mol. The van der Waals surface area contributed by atoms with Crippen LogP contribution in [0.5, 0.6) is 11.5 Å². The Balaban J connectivity index is 1.61. The summed E-state index contributed by atoms with van der Waals surface area (Å²) in [5.74, 6) is 1.08. The molecule has 1 saturated heterocycles. The van der Waals surface area contributed by atoms with Crippen molar-refractivity contribution >= 4 is 37.9 Å². The summed E-state index contributed by atoms with van der Waals surface area (Å²) in [5, 5.41) is 0. The van der Waals surface area contributed by atoms with Gasteiger partial charge in [-0.05, 0) is 61.9 Å². The van der Waals surface area contributed by atoms with Crippen LogP contribution in [0.25, 0.3) is 6.08 Å². The van der Waals surface area contributed by atoms with E-state index in [2.05, 4.69) is 15.9 Å². The number of amides is 1. The molecule has 2 aromatic carbocycles. The van der Waals surface area contributed by atoms with E-state index < -0.39 is 10.0 Å². The first-order chi connectivity index (χ1) is 15.2. The van der Waals surface area contributed by atoms with Crippen LogP contribution in [0, 0.1) is 0 Å². The third kappa shape index (κ3) is 5.90. The number of rotatable bonds is 7. The number of sulfonamides is 1. The van der Waals surface area contributed by atoms with Crippen molar-refractivity contribution in [3.63, 3.8) is 0 Å². The minimum absolute atomic E-state index is 0.0260. The Hall–Kier alpha value is -2.36. The maximum atomic E-state index is 12.8. The molecule has 0 N–H and O–H groups in total. The van der Waals surface area contributed by atoms with Crippen LogP contribution in [0.2, 0.25) is 0 Å². The lowest BCUT2D eigenvalue weighted by Crippen LogP contribution is -2.50. The zero-order valence-corrected chi connectivity index (χ0v) is 20.7. The highest BCUT2D eigenvalue weighted by Crippen LogP contribution is 2.29. The van der Waals surface area contributed by atoms with Crippen molar-refractivity contribution in [2.24, 2.45) is 0 Å². The van der Waals surface area contributed by atoms with E-state index in [9.17, 15) is 13.2 Å². The normalized spacial score (nSPS) is 15.3. The van der Waals surface area contributed by atoms with Crippen molar-refractivity contribution in [1.82, 2.24) is 9.21 Å². The first-order valence-electron chi connectivity index (χ1n) is 10.3. The van der Waals surface area contributed by atoms with Crippen LogP contribution >= 0.6 is 15.9 Å². The standard InChI is InChI=1S/C23H27BrN2O5S/c1-17(2)31-21-10-4-18(16-22(21)30-3)5-11-23(27)25-12-14-26(15-13-25)32(28,29)20-8-6-19(24)7-9-20/h4-11,16-17H,12-15H2,1-3H3/b11-5+. The number of benzene rings is 2. The fourth-order valence-electron chi connectivity index (χ4n) is 3.32. The molecule has 0 aliphatic carbocycles. The predicted octanol–water partition coefficient (Wildman–Crippen LogP) is 3.79. The largest absolute Gasteiger partial charge is 0.493 e. The summed E-state index contributed by atoms with van der Waals surface area (Å²) in [6.45, 7) is 5.07. The molecule has 1 amide bonds. The highest BCUT2D eigenvalue weighted by molar-refractivity contribution is 9.10. The Kier molecular flexibility index (Phi) is 7.97. The molecule has 1 aliphatic heterocycles. The van der Waals surface area contributed by atoms with E-state index in [0.717, 1.165) is 10.0 Å². The maximum absolute atomic E-state index is 12.8. The minimum Gasteiger partial charge on any atom is -0.493 e. The Morgan fingerprint density at radius 1 is 1.03 bits per heavy atom. The summed E-state index contributed by atoms with van der Waals surface area (Å²) in [7, 11) is -2.00. The summed E-state index contributed by atoms with van der Waals surface area (Å²) in [4.78, 5) is 14.5. The molecule has 0 saturated carbocycles. The van der Waals surface area contributed by atoms with Gasteiger partial charge in [-0.3, -0.25) is 4.79 Å². The highest BCUT2D eigenvalue weighted by atomic mass is 79.9. The van der Waals surface area contributed by atoms with E-state index in [4.69, 9.17) is 9.47 Å². The number of piperazine rings is 1. The summed E-state index contributed by atoms with van der Waals surface area (Å²) in [5.41, 5.74) is 0.808. The van der Waals surface area contributed by atoms with Gasteiger partial charge < -0.3 is 14.4 Å². The monoisotopic (exact) mass is 522 g/mol. The van der Waals surface area contributed by atoms with E-state index in [1.54, 1.807) is 42.4 Å². The molecule has 0 bridgehead atoms. The van der Waals surface area contributed by atoms with Gasteiger partial charge >= 0.3 is 0 Å².